The second-order valence-corrected chi connectivity index (χ2v) is 7.88. The molecule has 1 aliphatic rings. The minimum Gasteiger partial charge on any atom is -0.356 e. The summed E-state index contributed by atoms with van der Waals surface area (Å²) < 4.78 is 0. The molecule has 1 atom stereocenters. The first-order chi connectivity index (χ1) is 14.2. The second-order valence-electron chi connectivity index (χ2n) is 7.88. The molecule has 1 N–H and O–H groups in total. The van der Waals surface area contributed by atoms with Gasteiger partial charge in [0, 0.05) is 32.0 Å². The smallest absolute Gasteiger partial charge is 0.224 e. The molecule has 2 aromatic rings. The van der Waals surface area contributed by atoms with Crippen LogP contribution in [0.1, 0.15) is 56.1 Å². The number of carbonyl (C=O) groups excluding carboxylic acids is 2. The minimum atomic E-state index is -0.0866. The van der Waals surface area contributed by atoms with Gasteiger partial charge in [0.05, 0.1) is 5.92 Å². The number of nitrogens with one attached hydrogen (secondary N) is 1. The van der Waals surface area contributed by atoms with Gasteiger partial charge in [-0.1, -0.05) is 67.6 Å². The third-order valence-electron chi connectivity index (χ3n) is 5.74. The lowest BCUT2D eigenvalue weighted by Gasteiger charge is -2.32. The van der Waals surface area contributed by atoms with Crippen molar-refractivity contribution in [2.45, 2.75) is 44.9 Å². The van der Waals surface area contributed by atoms with E-state index in [9.17, 15) is 9.59 Å². The average molecular weight is 393 g/mol. The van der Waals surface area contributed by atoms with Crippen LogP contribution in [0.3, 0.4) is 0 Å². The van der Waals surface area contributed by atoms with Crippen molar-refractivity contribution >= 4 is 11.8 Å². The Balaban J connectivity index is 1.57. The van der Waals surface area contributed by atoms with E-state index in [2.05, 4.69) is 53.8 Å². The Bertz CT molecular complexity index is 736. The van der Waals surface area contributed by atoms with Crippen molar-refractivity contribution in [3.8, 4) is 0 Å². The molecule has 1 fully saturated rings. The molecular formula is C25H32N2O2. The van der Waals surface area contributed by atoms with E-state index in [4.69, 9.17) is 0 Å². The van der Waals surface area contributed by atoms with Gasteiger partial charge in [-0.25, -0.2) is 0 Å². The summed E-state index contributed by atoms with van der Waals surface area (Å²) in [5, 5.41) is 3.14. The van der Waals surface area contributed by atoms with E-state index >= 15 is 0 Å². The maximum absolute atomic E-state index is 12.7. The fourth-order valence-electron chi connectivity index (χ4n) is 4.17. The summed E-state index contributed by atoms with van der Waals surface area (Å²) in [6.07, 6.45) is 4.05. The summed E-state index contributed by atoms with van der Waals surface area (Å²) in [4.78, 5) is 26.8. The average Bonchev–Trinajstić information content (AvgIpc) is 2.78. The Labute approximate surface area is 174 Å². The number of likely N-dealkylation sites (tertiary alicyclic amines) is 1. The molecule has 0 spiro atoms. The normalized spacial score (nSPS) is 16.6. The zero-order chi connectivity index (χ0) is 20.5. The zero-order valence-electron chi connectivity index (χ0n) is 17.3. The van der Waals surface area contributed by atoms with Crippen molar-refractivity contribution in [2.75, 3.05) is 19.6 Å². The van der Waals surface area contributed by atoms with Gasteiger partial charge in [-0.3, -0.25) is 9.59 Å². The van der Waals surface area contributed by atoms with Crippen LogP contribution in [-0.4, -0.2) is 36.3 Å². The zero-order valence-corrected chi connectivity index (χ0v) is 17.3. The molecule has 1 saturated heterocycles. The highest BCUT2D eigenvalue weighted by Crippen LogP contribution is 2.27. The van der Waals surface area contributed by atoms with Crippen LogP contribution in [0.5, 0.6) is 0 Å². The van der Waals surface area contributed by atoms with E-state index in [0.29, 0.717) is 19.5 Å². The first-order valence-corrected chi connectivity index (χ1v) is 10.8. The summed E-state index contributed by atoms with van der Waals surface area (Å²) in [7, 11) is 0. The molecule has 4 nitrogen and oxygen atoms in total. The van der Waals surface area contributed by atoms with Gasteiger partial charge in [0.2, 0.25) is 11.8 Å². The van der Waals surface area contributed by atoms with Crippen molar-refractivity contribution in [1.29, 1.82) is 0 Å². The summed E-state index contributed by atoms with van der Waals surface area (Å²) in [5.74, 6) is 0.431. The Kier molecular flexibility index (Phi) is 7.85. The van der Waals surface area contributed by atoms with Crippen LogP contribution in [0.4, 0.5) is 0 Å². The van der Waals surface area contributed by atoms with E-state index in [1.165, 1.54) is 11.1 Å². The molecule has 1 unspecified atom stereocenters. The first-order valence-electron chi connectivity index (χ1n) is 10.8. The number of hydrogen-bond donors (Lipinski definition) is 1. The summed E-state index contributed by atoms with van der Waals surface area (Å²) in [6, 6.07) is 20.9. The number of hydrogen-bond acceptors (Lipinski definition) is 2. The van der Waals surface area contributed by atoms with E-state index in [1.54, 1.807) is 0 Å². The lowest BCUT2D eigenvalue weighted by molar-refractivity contribution is -0.135. The maximum atomic E-state index is 12.7. The predicted molar refractivity (Wildman–Crippen MR) is 117 cm³/mol. The second kappa shape index (κ2) is 10.8. The summed E-state index contributed by atoms with van der Waals surface area (Å²) >= 11 is 0. The predicted octanol–water partition coefficient (Wildman–Crippen LogP) is 4.36. The Morgan fingerprint density at radius 2 is 1.66 bits per heavy atom. The molecule has 1 aliphatic heterocycles. The van der Waals surface area contributed by atoms with Gasteiger partial charge in [-0.15, -0.1) is 0 Å². The number of piperidine rings is 1. The molecular weight excluding hydrogens is 360 g/mol. The van der Waals surface area contributed by atoms with E-state index in [-0.39, 0.29) is 23.7 Å². The van der Waals surface area contributed by atoms with E-state index in [1.807, 2.05) is 24.0 Å². The number of rotatable bonds is 8. The van der Waals surface area contributed by atoms with Gasteiger partial charge in [0.25, 0.3) is 0 Å². The monoisotopic (exact) mass is 392 g/mol. The standard InChI is InChI=1S/C25H32N2O2/c1-2-10-24(28)27-18-9-15-22(19-27)25(29)26-17-16-23(20-11-5-3-6-12-20)21-13-7-4-8-14-21/h3-8,11-14,22-23H,2,9-10,15-19H2,1H3,(H,26,29). The fourth-order valence-corrected chi connectivity index (χ4v) is 4.17. The molecule has 0 radical (unpaired) electrons. The van der Waals surface area contributed by atoms with Gasteiger partial charge in [0.1, 0.15) is 0 Å². The molecule has 0 aliphatic carbocycles. The van der Waals surface area contributed by atoms with Gasteiger partial charge in [-0.2, -0.15) is 0 Å². The Morgan fingerprint density at radius 1 is 1.03 bits per heavy atom. The van der Waals surface area contributed by atoms with Gasteiger partial charge in [0.15, 0.2) is 0 Å². The van der Waals surface area contributed by atoms with Gasteiger partial charge >= 0.3 is 0 Å². The topological polar surface area (TPSA) is 49.4 Å². The molecule has 3 rings (SSSR count). The quantitative estimate of drug-likeness (QED) is 0.725. The third kappa shape index (κ3) is 5.93. The highest BCUT2D eigenvalue weighted by molar-refractivity contribution is 5.81. The highest BCUT2D eigenvalue weighted by Gasteiger charge is 2.28. The van der Waals surface area contributed by atoms with E-state index in [0.717, 1.165) is 32.2 Å². The lowest BCUT2D eigenvalue weighted by Crippen LogP contribution is -2.45. The van der Waals surface area contributed by atoms with Crippen LogP contribution in [0.2, 0.25) is 0 Å². The maximum Gasteiger partial charge on any atom is 0.224 e. The number of nitrogens with zero attached hydrogens (tertiary/aromatic N) is 1. The Morgan fingerprint density at radius 3 is 2.24 bits per heavy atom. The Hall–Kier alpha value is -2.62. The molecule has 154 valence electrons. The van der Waals surface area contributed by atoms with Crippen molar-refractivity contribution in [1.82, 2.24) is 10.2 Å². The number of carbonyl (C=O) groups is 2. The summed E-state index contributed by atoms with van der Waals surface area (Å²) in [6.45, 7) is 3.99. The van der Waals surface area contributed by atoms with Crippen LogP contribution in [0.25, 0.3) is 0 Å². The van der Waals surface area contributed by atoms with Gasteiger partial charge < -0.3 is 10.2 Å². The van der Waals surface area contributed by atoms with Crippen LogP contribution in [0, 0.1) is 5.92 Å². The SMILES string of the molecule is CCCC(=O)N1CCCC(C(=O)NCCC(c2ccccc2)c2ccccc2)C1. The molecule has 2 aromatic carbocycles. The molecule has 0 aromatic heterocycles. The largest absolute Gasteiger partial charge is 0.356 e. The van der Waals surface area contributed by atoms with Crippen LogP contribution in [-0.2, 0) is 9.59 Å². The molecule has 0 bridgehead atoms. The van der Waals surface area contributed by atoms with Crippen LogP contribution >= 0.6 is 0 Å². The molecule has 0 saturated carbocycles. The van der Waals surface area contributed by atoms with Crippen molar-refractivity contribution in [3.05, 3.63) is 71.8 Å². The molecule has 29 heavy (non-hydrogen) atoms. The highest BCUT2D eigenvalue weighted by atomic mass is 16.2. The van der Waals surface area contributed by atoms with Crippen molar-refractivity contribution in [2.24, 2.45) is 5.92 Å². The number of amides is 2. The fraction of sp³-hybridized carbons (Fsp3) is 0.440. The van der Waals surface area contributed by atoms with Crippen molar-refractivity contribution in [3.63, 3.8) is 0 Å². The lowest BCUT2D eigenvalue weighted by atomic mass is 9.88. The van der Waals surface area contributed by atoms with Crippen LogP contribution in [0.15, 0.2) is 60.7 Å². The number of benzene rings is 2. The van der Waals surface area contributed by atoms with Crippen molar-refractivity contribution < 1.29 is 9.59 Å². The molecule has 4 heteroatoms. The van der Waals surface area contributed by atoms with E-state index < -0.39 is 0 Å². The first kappa shape index (κ1) is 21.1. The molecule has 2 amide bonds. The molecule has 1 heterocycles. The van der Waals surface area contributed by atoms with Gasteiger partial charge in [-0.05, 0) is 36.8 Å². The minimum absolute atomic E-state index is 0.0823. The summed E-state index contributed by atoms with van der Waals surface area (Å²) in [5.41, 5.74) is 2.53. The van der Waals surface area contributed by atoms with Crippen LogP contribution < -0.4 is 5.32 Å². The third-order valence-corrected chi connectivity index (χ3v) is 5.74.